The molecule has 1 heterocycles. The van der Waals surface area contributed by atoms with Crippen molar-refractivity contribution in [2.24, 2.45) is 0 Å². The smallest absolute Gasteiger partial charge is 0.170 e. The van der Waals surface area contributed by atoms with Crippen LogP contribution in [0.4, 0.5) is 5.69 Å². The molecule has 1 aromatic carbocycles. The van der Waals surface area contributed by atoms with Gasteiger partial charge < -0.3 is 15.5 Å². The first-order valence-corrected chi connectivity index (χ1v) is 7.60. The molecular weight excluding hydrogens is 254 g/mol. The van der Waals surface area contributed by atoms with Gasteiger partial charge in [-0.3, -0.25) is 0 Å². The molecule has 4 heteroatoms. The number of nitrogens with one attached hydrogen (secondary N) is 3. The summed E-state index contributed by atoms with van der Waals surface area (Å²) in [5, 5.41) is 7.23. The summed E-state index contributed by atoms with van der Waals surface area (Å²) in [6, 6.07) is 8.26. The van der Waals surface area contributed by atoms with Gasteiger partial charge in [0.1, 0.15) is 0 Å². The summed E-state index contributed by atoms with van der Waals surface area (Å²) < 4.78 is 0. The van der Waals surface area contributed by atoms with Crippen LogP contribution in [0.25, 0.3) is 0 Å². The van der Waals surface area contributed by atoms with Gasteiger partial charge in [-0.1, -0.05) is 12.1 Å². The van der Waals surface area contributed by atoms with Gasteiger partial charge in [0.15, 0.2) is 5.11 Å². The monoisotopic (exact) mass is 278 g/mol. The number of anilines is 1. The van der Waals surface area contributed by atoms with Crippen LogP contribution in [0.1, 0.15) is 24.8 Å². The van der Waals surface area contributed by atoms with Crippen molar-refractivity contribution in [1.29, 1.82) is 0 Å². The van der Waals surface area contributed by atoms with Crippen LogP contribution < -0.4 is 15.5 Å². The molecule has 1 aromatic rings. The number of hydrogen-bond acceptors (Lipinski definition) is 1. The van der Waals surface area contributed by atoms with Crippen molar-refractivity contribution < 1.29 is 4.90 Å². The van der Waals surface area contributed by atoms with Crippen LogP contribution in [0.3, 0.4) is 0 Å². The van der Waals surface area contributed by atoms with E-state index >= 15 is 0 Å². The molecule has 19 heavy (non-hydrogen) atoms. The van der Waals surface area contributed by atoms with Gasteiger partial charge in [-0.05, 0) is 36.8 Å². The lowest BCUT2D eigenvalue weighted by molar-refractivity contribution is -0.887. The summed E-state index contributed by atoms with van der Waals surface area (Å²) >= 11 is 5.30. The Morgan fingerprint density at radius 1 is 1.32 bits per heavy atom. The lowest BCUT2D eigenvalue weighted by Crippen LogP contribution is -3.10. The zero-order chi connectivity index (χ0) is 13.5. The zero-order valence-electron chi connectivity index (χ0n) is 11.7. The first-order chi connectivity index (χ1) is 9.24. The van der Waals surface area contributed by atoms with E-state index in [1.54, 1.807) is 4.90 Å². The molecule has 1 aliphatic rings. The van der Waals surface area contributed by atoms with Gasteiger partial charge in [-0.25, -0.2) is 0 Å². The predicted molar refractivity (Wildman–Crippen MR) is 84.8 cm³/mol. The second-order valence-corrected chi connectivity index (χ2v) is 5.72. The van der Waals surface area contributed by atoms with E-state index in [4.69, 9.17) is 12.2 Å². The molecule has 1 fully saturated rings. The van der Waals surface area contributed by atoms with Gasteiger partial charge in [-0.15, -0.1) is 0 Å². The van der Waals surface area contributed by atoms with E-state index in [0.717, 1.165) is 17.3 Å². The van der Waals surface area contributed by atoms with Crippen molar-refractivity contribution in [3.05, 3.63) is 29.8 Å². The molecule has 0 aliphatic carbocycles. The van der Waals surface area contributed by atoms with Gasteiger partial charge in [0.05, 0.1) is 19.6 Å². The summed E-state index contributed by atoms with van der Waals surface area (Å²) in [6.07, 6.45) is 3.98. The maximum atomic E-state index is 5.30. The molecule has 3 nitrogen and oxygen atoms in total. The minimum atomic E-state index is 0.724. The molecule has 3 N–H and O–H groups in total. The Balaban J connectivity index is 1.61. The number of likely N-dealkylation sites (tertiary alicyclic amines) is 1. The van der Waals surface area contributed by atoms with Crippen molar-refractivity contribution in [3.63, 3.8) is 0 Å². The van der Waals surface area contributed by atoms with E-state index in [2.05, 4.69) is 29.7 Å². The largest absolute Gasteiger partial charge is 0.362 e. The molecule has 0 unspecified atom stereocenters. The lowest BCUT2D eigenvalue weighted by Gasteiger charge is -2.13. The first-order valence-electron chi connectivity index (χ1n) is 7.19. The highest BCUT2D eigenvalue weighted by Gasteiger charge is 2.13. The zero-order valence-corrected chi connectivity index (χ0v) is 12.5. The van der Waals surface area contributed by atoms with Gasteiger partial charge in [0.2, 0.25) is 0 Å². The van der Waals surface area contributed by atoms with E-state index in [0.29, 0.717) is 0 Å². The highest BCUT2D eigenvalue weighted by atomic mass is 32.1. The van der Waals surface area contributed by atoms with Crippen LogP contribution in [-0.2, 0) is 0 Å². The number of benzene rings is 1. The third-order valence-corrected chi connectivity index (χ3v) is 3.83. The fraction of sp³-hybridized carbons (Fsp3) is 0.533. The third-order valence-electron chi connectivity index (χ3n) is 3.58. The maximum Gasteiger partial charge on any atom is 0.170 e. The highest BCUT2D eigenvalue weighted by Crippen LogP contribution is 2.08. The average Bonchev–Trinajstić information content (AvgIpc) is 2.88. The van der Waals surface area contributed by atoms with Crippen molar-refractivity contribution >= 4 is 23.0 Å². The quantitative estimate of drug-likeness (QED) is 0.561. The summed E-state index contributed by atoms with van der Waals surface area (Å²) in [4.78, 5) is 1.75. The molecule has 0 bridgehead atoms. The predicted octanol–water partition coefficient (Wildman–Crippen LogP) is 1.35. The maximum absolute atomic E-state index is 5.30. The van der Waals surface area contributed by atoms with E-state index in [-0.39, 0.29) is 0 Å². The minimum Gasteiger partial charge on any atom is -0.362 e. The molecule has 0 atom stereocenters. The van der Waals surface area contributed by atoms with Crippen LogP contribution in [0.2, 0.25) is 0 Å². The summed E-state index contributed by atoms with van der Waals surface area (Å²) in [5.74, 6) is 0. The Bertz CT molecular complexity index is 414. The minimum absolute atomic E-state index is 0.724. The highest BCUT2D eigenvalue weighted by molar-refractivity contribution is 7.80. The molecule has 0 radical (unpaired) electrons. The third kappa shape index (κ3) is 5.17. The molecular formula is C15H24N3S+. The molecule has 0 saturated carbocycles. The second kappa shape index (κ2) is 7.46. The summed E-state index contributed by atoms with van der Waals surface area (Å²) in [6.45, 7) is 7.01. The van der Waals surface area contributed by atoms with Gasteiger partial charge in [-0.2, -0.15) is 0 Å². The topological polar surface area (TPSA) is 28.5 Å². The molecule has 1 aliphatic heterocycles. The Kier molecular flexibility index (Phi) is 5.61. The molecule has 0 spiro atoms. The van der Waals surface area contributed by atoms with E-state index in [1.165, 1.54) is 44.5 Å². The lowest BCUT2D eigenvalue weighted by atomic mass is 10.2. The SMILES string of the molecule is Cc1cccc(NC(=S)NCCC[NH+]2CCCC2)c1. The van der Waals surface area contributed by atoms with Crippen molar-refractivity contribution in [2.75, 3.05) is 31.5 Å². The Morgan fingerprint density at radius 3 is 2.84 bits per heavy atom. The summed E-state index contributed by atoms with van der Waals surface area (Å²) in [5.41, 5.74) is 2.30. The van der Waals surface area contributed by atoms with Crippen molar-refractivity contribution in [1.82, 2.24) is 5.32 Å². The molecule has 0 aromatic heterocycles. The van der Waals surface area contributed by atoms with E-state index < -0.39 is 0 Å². The van der Waals surface area contributed by atoms with Gasteiger partial charge in [0.25, 0.3) is 0 Å². The first kappa shape index (κ1) is 14.3. The van der Waals surface area contributed by atoms with Gasteiger partial charge >= 0.3 is 0 Å². The number of quaternary nitrogens is 1. The summed E-state index contributed by atoms with van der Waals surface area (Å²) in [7, 11) is 0. The van der Waals surface area contributed by atoms with Gasteiger partial charge in [0, 0.05) is 31.5 Å². The standard InChI is InChI=1S/C15H23N3S/c1-13-6-4-7-14(12-13)17-15(19)16-8-5-11-18-9-2-3-10-18/h4,6-7,12H,2-3,5,8-11H2,1H3,(H2,16,17,19)/p+1. The van der Waals surface area contributed by atoms with Crippen LogP contribution in [0.5, 0.6) is 0 Å². The van der Waals surface area contributed by atoms with Crippen LogP contribution in [0, 0.1) is 6.92 Å². The number of rotatable bonds is 5. The fourth-order valence-corrected chi connectivity index (χ4v) is 2.78. The van der Waals surface area contributed by atoms with Crippen molar-refractivity contribution in [3.8, 4) is 0 Å². The average molecular weight is 278 g/mol. The molecule has 0 amide bonds. The number of thiocarbonyl (C=S) groups is 1. The van der Waals surface area contributed by atoms with Crippen LogP contribution in [-0.4, -0.2) is 31.3 Å². The number of hydrogen-bond donors (Lipinski definition) is 3. The molecule has 104 valence electrons. The Labute approximate surface area is 121 Å². The van der Waals surface area contributed by atoms with E-state index in [1.807, 2.05) is 12.1 Å². The Hall–Kier alpha value is -1.13. The Morgan fingerprint density at radius 2 is 2.11 bits per heavy atom. The molecule has 1 saturated heterocycles. The van der Waals surface area contributed by atoms with Crippen LogP contribution in [0.15, 0.2) is 24.3 Å². The fourth-order valence-electron chi connectivity index (χ4n) is 2.56. The van der Waals surface area contributed by atoms with Crippen LogP contribution >= 0.6 is 12.2 Å². The number of aryl methyl sites for hydroxylation is 1. The normalized spacial score (nSPS) is 15.4. The molecule has 2 rings (SSSR count). The van der Waals surface area contributed by atoms with Crippen molar-refractivity contribution in [2.45, 2.75) is 26.2 Å². The second-order valence-electron chi connectivity index (χ2n) is 5.31. The van der Waals surface area contributed by atoms with E-state index in [9.17, 15) is 0 Å².